The zero-order valence-corrected chi connectivity index (χ0v) is 16.6. The molecule has 0 bridgehead atoms. The number of hydrogen-bond acceptors (Lipinski definition) is 5. The number of unbranched alkanes of at least 4 members (excludes halogenated alkanes) is 1. The smallest absolute Gasteiger partial charge is 0.243 e. The van der Waals surface area contributed by atoms with Gasteiger partial charge in [0.15, 0.2) is 0 Å². The van der Waals surface area contributed by atoms with Crippen LogP contribution < -0.4 is 10.0 Å². The van der Waals surface area contributed by atoms with Crippen LogP contribution in [0, 0.1) is 0 Å². The van der Waals surface area contributed by atoms with Crippen LogP contribution >= 0.6 is 0 Å². The highest BCUT2D eigenvalue weighted by molar-refractivity contribution is 7.89. The number of ether oxygens (including phenoxy) is 1. The van der Waals surface area contributed by atoms with Crippen molar-refractivity contribution >= 4 is 22.0 Å². The van der Waals surface area contributed by atoms with Crippen molar-refractivity contribution in [3.8, 4) is 0 Å². The first-order valence-electron chi connectivity index (χ1n) is 9.37. The summed E-state index contributed by atoms with van der Waals surface area (Å²) in [5.41, 5.74) is 0.771. The molecule has 0 saturated carbocycles. The molecule has 1 aromatic rings. The summed E-state index contributed by atoms with van der Waals surface area (Å²) in [7, 11) is -3.45. The molecule has 8 heteroatoms. The number of carbonyl (C=O) groups is 1. The van der Waals surface area contributed by atoms with Gasteiger partial charge in [0, 0.05) is 32.3 Å². The van der Waals surface area contributed by atoms with Gasteiger partial charge in [0.2, 0.25) is 15.9 Å². The molecule has 1 saturated heterocycles. The number of morpholine rings is 1. The van der Waals surface area contributed by atoms with E-state index in [2.05, 4.69) is 14.9 Å². The van der Waals surface area contributed by atoms with E-state index in [-0.39, 0.29) is 10.8 Å². The van der Waals surface area contributed by atoms with Crippen molar-refractivity contribution in [1.82, 2.24) is 14.9 Å². The molecule has 1 heterocycles. The Kier molecular flexibility index (Phi) is 8.93. The van der Waals surface area contributed by atoms with Crippen molar-refractivity contribution in [1.29, 1.82) is 0 Å². The molecule has 0 radical (unpaired) electrons. The quantitative estimate of drug-likeness (QED) is 0.460. The van der Waals surface area contributed by atoms with Gasteiger partial charge in [0.1, 0.15) is 0 Å². The van der Waals surface area contributed by atoms with E-state index in [9.17, 15) is 13.2 Å². The maximum Gasteiger partial charge on any atom is 0.243 e. The molecule has 0 aliphatic carbocycles. The minimum absolute atomic E-state index is 0.147. The summed E-state index contributed by atoms with van der Waals surface area (Å²) < 4.78 is 31.5. The van der Waals surface area contributed by atoms with Crippen LogP contribution in [0.25, 0.3) is 6.08 Å². The molecule has 27 heavy (non-hydrogen) atoms. The van der Waals surface area contributed by atoms with Crippen LogP contribution in [0.1, 0.15) is 25.3 Å². The van der Waals surface area contributed by atoms with Gasteiger partial charge in [0.05, 0.1) is 18.1 Å². The molecule has 1 fully saturated rings. The summed E-state index contributed by atoms with van der Waals surface area (Å²) >= 11 is 0. The first-order chi connectivity index (χ1) is 13.0. The topological polar surface area (TPSA) is 87.7 Å². The van der Waals surface area contributed by atoms with E-state index in [1.165, 1.54) is 18.2 Å². The van der Waals surface area contributed by atoms with Crippen LogP contribution in [0.4, 0.5) is 0 Å². The SMILES string of the molecule is CCNS(=O)(=O)c1ccc(C=CC(=O)NCCCCN2CCOCC2)cc1. The Hall–Kier alpha value is -1.74. The van der Waals surface area contributed by atoms with Crippen molar-refractivity contribution in [3.05, 3.63) is 35.9 Å². The van der Waals surface area contributed by atoms with Crippen LogP contribution in [-0.2, 0) is 19.6 Å². The number of hydrogen-bond donors (Lipinski definition) is 2. The molecule has 0 atom stereocenters. The molecule has 0 unspecified atom stereocenters. The van der Waals surface area contributed by atoms with E-state index in [1.54, 1.807) is 25.1 Å². The predicted molar refractivity (Wildman–Crippen MR) is 106 cm³/mol. The molecular formula is C19H29N3O4S. The Bertz CT molecular complexity index is 711. The third kappa shape index (κ3) is 7.80. The van der Waals surface area contributed by atoms with Gasteiger partial charge in [-0.05, 0) is 43.2 Å². The fourth-order valence-corrected chi connectivity index (χ4v) is 3.80. The molecule has 7 nitrogen and oxygen atoms in total. The number of carbonyl (C=O) groups excluding carboxylic acids is 1. The van der Waals surface area contributed by atoms with Crippen LogP contribution in [-0.4, -0.2) is 65.2 Å². The average Bonchev–Trinajstić information content (AvgIpc) is 2.67. The third-order valence-corrected chi connectivity index (χ3v) is 5.82. The Balaban J connectivity index is 1.68. The van der Waals surface area contributed by atoms with Gasteiger partial charge < -0.3 is 10.1 Å². The standard InChI is InChI=1S/C19H29N3O4S/c1-2-21-27(24,25)18-8-5-17(6-9-18)7-10-19(23)20-11-3-4-12-22-13-15-26-16-14-22/h5-10,21H,2-4,11-16H2,1H3,(H,20,23). The van der Waals surface area contributed by atoms with Gasteiger partial charge in [-0.1, -0.05) is 19.1 Å². The largest absolute Gasteiger partial charge is 0.379 e. The normalized spacial score (nSPS) is 15.9. The lowest BCUT2D eigenvalue weighted by Gasteiger charge is -2.26. The number of benzene rings is 1. The van der Waals surface area contributed by atoms with Crippen molar-refractivity contribution in [2.75, 3.05) is 45.9 Å². The third-order valence-electron chi connectivity index (χ3n) is 4.26. The van der Waals surface area contributed by atoms with E-state index in [4.69, 9.17) is 4.74 Å². The van der Waals surface area contributed by atoms with Gasteiger partial charge in [-0.2, -0.15) is 0 Å². The van der Waals surface area contributed by atoms with E-state index < -0.39 is 10.0 Å². The second-order valence-electron chi connectivity index (χ2n) is 6.36. The van der Waals surface area contributed by atoms with E-state index in [0.717, 1.165) is 51.3 Å². The molecule has 1 aromatic carbocycles. The molecule has 2 N–H and O–H groups in total. The lowest BCUT2D eigenvalue weighted by atomic mass is 10.2. The molecule has 150 valence electrons. The van der Waals surface area contributed by atoms with Crippen molar-refractivity contribution in [2.24, 2.45) is 0 Å². The van der Waals surface area contributed by atoms with Crippen LogP contribution in [0.2, 0.25) is 0 Å². The highest BCUT2D eigenvalue weighted by Crippen LogP contribution is 2.11. The number of nitrogens with one attached hydrogen (secondary N) is 2. The van der Waals surface area contributed by atoms with Gasteiger partial charge in [-0.25, -0.2) is 13.1 Å². The Morgan fingerprint density at radius 1 is 1.19 bits per heavy atom. The number of rotatable bonds is 10. The second kappa shape index (κ2) is 11.2. The van der Waals surface area contributed by atoms with Crippen LogP contribution in [0.3, 0.4) is 0 Å². The second-order valence-corrected chi connectivity index (χ2v) is 8.12. The Labute approximate surface area is 161 Å². The van der Waals surface area contributed by atoms with Crippen molar-refractivity contribution < 1.29 is 17.9 Å². The molecule has 2 rings (SSSR count). The van der Waals surface area contributed by atoms with E-state index in [0.29, 0.717) is 13.1 Å². The lowest BCUT2D eigenvalue weighted by Crippen LogP contribution is -2.37. The summed E-state index contributed by atoms with van der Waals surface area (Å²) in [6.07, 6.45) is 5.13. The molecule has 1 aliphatic heterocycles. The minimum Gasteiger partial charge on any atom is -0.379 e. The summed E-state index contributed by atoms with van der Waals surface area (Å²) in [5.74, 6) is -0.147. The van der Waals surface area contributed by atoms with Crippen LogP contribution in [0.5, 0.6) is 0 Å². The van der Waals surface area contributed by atoms with E-state index >= 15 is 0 Å². The molecule has 0 spiro atoms. The summed E-state index contributed by atoms with van der Waals surface area (Å²) in [4.78, 5) is 14.5. The van der Waals surface area contributed by atoms with E-state index in [1.807, 2.05) is 0 Å². The fourth-order valence-electron chi connectivity index (χ4n) is 2.76. The van der Waals surface area contributed by atoms with Crippen molar-refractivity contribution in [2.45, 2.75) is 24.7 Å². The average molecular weight is 396 g/mol. The highest BCUT2D eigenvalue weighted by atomic mass is 32.2. The fraction of sp³-hybridized carbons (Fsp3) is 0.526. The number of nitrogens with zero attached hydrogens (tertiary/aromatic N) is 1. The van der Waals surface area contributed by atoms with Gasteiger partial charge in [-0.3, -0.25) is 9.69 Å². The molecule has 1 aliphatic rings. The van der Waals surface area contributed by atoms with Gasteiger partial charge in [-0.15, -0.1) is 0 Å². The number of sulfonamides is 1. The Morgan fingerprint density at radius 3 is 2.56 bits per heavy atom. The van der Waals surface area contributed by atoms with Gasteiger partial charge >= 0.3 is 0 Å². The first kappa shape index (κ1) is 21.6. The summed E-state index contributed by atoms with van der Waals surface area (Å²) in [6.45, 7) is 7.36. The highest BCUT2D eigenvalue weighted by Gasteiger charge is 2.11. The van der Waals surface area contributed by atoms with Crippen LogP contribution in [0.15, 0.2) is 35.2 Å². The maximum atomic E-state index is 11.9. The summed E-state index contributed by atoms with van der Waals surface area (Å²) in [6, 6.07) is 6.41. The Morgan fingerprint density at radius 2 is 1.89 bits per heavy atom. The predicted octanol–water partition coefficient (Wildman–Crippen LogP) is 1.23. The first-order valence-corrected chi connectivity index (χ1v) is 10.9. The van der Waals surface area contributed by atoms with Crippen molar-refractivity contribution in [3.63, 3.8) is 0 Å². The van der Waals surface area contributed by atoms with Gasteiger partial charge in [0.25, 0.3) is 0 Å². The molecule has 1 amide bonds. The lowest BCUT2D eigenvalue weighted by molar-refractivity contribution is -0.116. The zero-order chi connectivity index (χ0) is 19.5. The number of amides is 1. The zero-order valence-electron chi connectivity index (χ0n) is 15.8. The molecular weight excluding hydrogens is 366 g/mol. The minimum atomic E-state index is -3.45. The maximum absolute atomic E-state index is 11.9. The monoisotopic (exact) mass is 395 g/mol. The summed E-state index contributed by atoms with van der Waals surface area (Å²) in [5, 5.41) is 2.87. The molecule has 0 aromatic heterocycles.